The minimum atomic E-state index is -0.461. The Labute approximate surface area is 74.8 Å². The summed E-state index contributed by atoms with van der Waals surface area (Å²) in [5, 5.41) is 17.3. The van der Waals surface area contributed by atoms with Crippen LogP contribution in [0.5, 0.6) is 0 Å². The van der Waals surface area contributed by atoms with E-state index in [1.165, 1.54) is 12.1 Å². The highest BCUT2D eigenvalue weighted by Crippen LogP contribution is 2.11. The second-order valence-electron chi connectivity index (χ2n) is 2.63. The molecule has 0 aliphatic carbocycles. The first-order valence-corrected chi connectivity index (χ1v) is 3.66. The number of non-ortho nitro benzene ring substituents is 1. The van der Waals surface area contributed by atoms with Gasteiger partial charge < -0.3 is 5.73 Å². The Bertz CT molecular complexity index is 332. The van der Waals surface area contributed by atoms with Crippen LogP contribution in [0.2, 0.25) is 0 Å². The van der Waals surface area contributed by atoms with Gasteiger partial charge in [-0.2, -0.15) is 0 Å². The molecule has 68 valence electrons. The van der Waals surface area contributed by atoms with E-state index in [1.54, 1.807) is 12.1 Å². The lowest BCUT2D eigenvalue weighted by Crippen LogP contribution is -2.12. The third-order valence-corrected chi connectivity index (χ3v) is 1.54. The molecule has 0 aromatic heterocycles. The van der Waals surface area contributed by atoms with E-state index >= 15 is 0 Å². The van der Waals surface area contributed by atoms with Crippen molar-refractivity contribution in [2.24, 2.45) is 5.73 Å². The van der Waals surface area contributed by atoms with Crippen molar-refractivity contribution in [3.63, 3.8) is 0 Å². The molecule has 3 N–H and O–H groups in total. The smallest absolute Gasteiger partial charge is 0.269 e. The monoisotopic (exact) mass is 179 g/mol. The van der Waals surface area contributed by atoms with Gasteiger partial charge in [-0.3, -0.25) is 15.5 Å². The normalized spacial score (nSPS) is 9.54. The number of nitrogens with two attached hydrogens (primary N) is 1. The third kappa shape index (κ3) is 2.55. The van der Waals surface area contributed by atoms with Crippen molar-refractivity contribution in [3.05, 3.63) is 39.9 Å². The van der Waals surface area contributed by atoms with E-state index in [9.17, 15) is 10.1 Å². The summed E-state index contributed by atoms with van der Waals surface area (Å²) in [5.74, 6) is 0.0499. The fourth-order valence-electron chi connectivity index (χ4n) is 0.955. The van der Waals surface area contributed by atoms with Crippen molar-refractivity contribution in [2.75, 3.05) is 0 Å². The van der Waals surface area contributed by atoms with Crippen LogP contribution >= 0.6 is 0 Å². The Kier molecular flexibility index (Phi) is 2.59. The second-order valence-corrected chi connectivity index (χ2v) is 2.63. The Balaban J connectivity index is 2.81. The van der Waals surface area contributed by atoms with Gasteiger partial charge in [-0.15, -0.1) is 0 Å². The van der Waals surface area contributed by atoms with Crippen LogP contribution in [0, 0.1) is 15.5 Å². The predicted octanol–water partition coefficient (Wildman–Crippen LogP) is 1.07. The van der Waals surface area contributed by atoms with Crippen LogP contribution in [0.3, 0.4) is 0 Å². The molecule has 0 unspecified atom stereocenters. The molecule has 0 fully saturated rings. The van der Waals surface area contributed by atoms with Crippen molar-refractivity contribution >= 4 is 11.5 Å². The number of nitro groups is 1. The Hall–Kier alpha value is -1.91. The number of amidine groups is 1. The SMILES string of the molecule is N=C(N)Cc1ccc([N+](=O)[O-])cc1. The number of nitrogens with zero attached hydrogens (tertiary/aromatic N) is 1. The van der Waals surface area contributed by atoms with Gasteiger partial charge in [-0.05, 0) is 5.56 Å². The van der Waals surface area contributed by atoms with E-state index in [0.29, 0.717) is 6.42 Å². The molecule has 0 saturated heterocycles. The average Bonchev–Trinajstić information content (AvgIpc) is 2.04. The van der Waals surface area contributed by atoms with Gasteiger partial charge in [0.1, 0.15) is 0 Å². The van der Waals surface area contributed by atoms with Crippen molar-refractivity contribution in [1.29, 1.82) is 5.41 Å². The largest absolute Gasteiger partial charge is 0.387 e. The average molecular weight is 179 g/mol. The number of benzene rings is 1. The molecule has 0 spiro atoms. The lowest BCUT2D eigenvalue weighted by molar-refractivity contribution is -0.384. The first kappa shape index (κ1) is 9.18. The molecule has 0 radical (unpaired) electrons. The molecule has 0 aliphatic heterocycles. The zero-order valence-corrected chi connectivity index (χ0v) is 6.86. The Morgan fingerprint density at radius 3 is 2.38 bits per heavy atom. The first-order chi connectivity index (χ1) is 6.09. The zero-order chi connectivity index (χ0) is 9.84. The summed E-state index contributed by atoms with van der Waals surface area (Å²) < 4.78 is 0. The minimum absolute atomic E-state index is 0.0484. The quantitative estimate of drug-likeness (QED) is 0.314. The van der Waals surface area contributed by atoms with Gasteiger partial charge in [-0.25, -0.2) is 0 Å². The number of hydrogen-bond donors (Lipinski definition) is 2. The number of nitrogens with one attached hydrogen (secondary N) is 1. The second kappa shape index (κ2) is 3.66. The van der Waals surface area contributed by atoms with Gasteiger partial charge in [0.2, 0.25) is 0 Å². The molecule has 0 aliphatic rings. The molecular formula is C8H9N3O2. The number of hydrogen-bond acceptors (Lipinski definition) is 3. The standard InChI is InChI=1S/C8H9N3O2/c9-8(10)5-6-1-3-7(4-2-6)11(12)13/h1-4H,5H2,(H3,9,10). The molecule has 0 amide bonds. The topological polar surface area (TPSA) is 93.0 Å². The third-order valence-electron chi connectivity index (χ3n) is 1.54. The molecule has 13 heavy (non-hydrogen) atoms. The van der Waals surface area contributed by atoms with Crippen LogP contribution in [0.15, 0.2) is 24.3 Å². The highest BCUT2D eigenvalue weighted by Gasteiger charge is 2.03. The zero-order valence-electron chi connectivity index (χ0n) is 6.86. The van der Waals surface area contributed by atoms with E-state index in [2.05, 4.69) is 0 Å². The Morgan fingerprint density at radius 2 is 2.00 bits per heavy atom. The maximum absolute atomic E-state index is 10.3. The van der Waals surface area contributed by atoms with E-state index in [1.807, 2.05) is 0 Å². The summed E-state index contributed by atoms with van der Waals surface area (Å²) >= 11 is 0. The van der Waals surface area contributed by atoms with Crippen molar-refractivity contribution in [3.8, 4) is 0 Å². The molecule has 0 saturated carbocycles. The molecule has 1 rings (SSSR count). The van der Waals surface area contributed by atoms with E-state index in [-0.39, 0.29) is 11.5 Å². The van der Waals surface area contributed by atoms with Gasteiger partial charge >= 0.3 is 0 Å². The van der Waals surface area contributed by atoms with Gasteiger partial charge in [0.25, 0.3) is 5.69 Å². The fraction of sp³-hybridized carbons (Fsp3) is 0.125. The lowest BCUT2D eigenvalue weighted by atomic mass is 10.1. The van der Waals surface area contributed by atoms with Crippen LogP contribution < -0.4 is 5.73 Å². The molecule has 0 bridgehead atoms. The molecular weight excluding hydrogens is 170 g/mol. The molecule has 0 atom stereocenters. The molecule has 5 heteroatoms. The van der Waals surface area contributed by atoms with Crippen LogP contribution in [0.1, 0.15) is 5.56 Å². The molecule has 5 nitrogen and oxygen atoms in total. The summed E-state index contributed by atoms with van der Waals surface area (Å²) in [7, 11) is 0. The number of nitro benzene ring substituents is 1. The summed E-state index contributed by atoms with van der Waals surface area (Å²) in [4.78, 5) is 9.81. The minimum Gasteiger partial charge on any atom is -0.387 e. The van der Waals surface area contributed by atoms with Gasteiger partial charge in [-0.1, -0.05) is 12.1 Å². The highest BCUT2D eigenvalue weighted by atomic mass is 16.6. The maximum atomic E-state index is 10.3. The maximum Gasteiger partial charge on any atom is 0.269 e. The summed E-state index contributed by atoms with van der Waals surface area (Å²) in [5.41, 5.74) is 6.02. The highest BCUT2D eigenvalue weighted by molar-refractivity contribution is 5.79. The van der Waals surface area contributed by atoms with Crippen LogP contribution in [-0.2, 0) is 6.42 Å². The molecule has 1 aromatic rings. The van der Waals surface area contributed by atoms with Crippen LogP contribution in [0.4, 0.5) is 5.69 Å². The number of rotatable bonds is 3. The van der Waals surface area contributed by atoms with Gasteiger partial charge in [0, 0.05) is 18.6 Å². The van der Waals surface area contributed by atoms with Crippen molar-refractivity contribution < 1.29 is 4.92 Å². The van der Waals surface area contributed by atoms with Crippen molar-refractivity contribution in [2.45, 2.75) is 6.42 Å². The summed E-state index contributed by atoms with van der Waals surface area (Å²) in [6, 6.07) is 6.00. The first-order valence-electron chi connectivity index (χ1n) is 3.66. The van der Waals surface area contributed by atoms with Crippen LogP contribution in [-0.4, -0.2) is 10.8 Å². The van der Waals surface area contributed by atoms with E-state index in [0.717, 1.165) is 5.56 Å². The van der Waals surface area contributed by atoms with Gasteiger partial charge in [0.15, 0.2) is 0 Å². The van der Waals surface area contributed by atoms with Crippen molar-refractivity contribution in [1.82, 2.24) is 0 Å². The summed E-state index contributed by atoms with van der Waals surface area (Å²) in [6.45, 7) is 0. The fourth-order valence-corrected chi connectivity index (χ4v) is 0.955. The molecule has 0 heterocycles. The van der Waals surface area contributed by atoms with E-state index < -0.39 is 4.92 Å². The predicted molar refractivity (Wildman–Crippen MR) is 48.7 cm³/mol. The Morgan fingerprint density at radius 1 is 1.46 bits per heavy atom. The van der Waals surface area contributed by atoms with Gasteiger partial charge in [0.05, 0.1) is 10.8 Å². The molecule has 1 aromatic carbocycles. The van der Waals surface area contributed by atoms with Crippen LogP contribution in [0.25, 0.3) is 0 Å². The van der Waals surface area contributed by atoms with E-state index in [4.69, 9.17) is 11.1 Å². The summed E-state index contributed by atoms with van der Waals surface area (Å²) in [6.07, 6.45) is 0.331. The lowest BCUT2D eigenvalue weighted by Gasteiger charge is -1.97.